The van der Waals surface area contributed by atoms with Crippen LogP contribution in [0.2, 0.25) is 0 Å². The van der Waals surface area contributed by atoms with Crippen LogP contribution in [-0.4, -0.2) is 20.5 Å². The molecule has 0 bridgehead atoms. The fraction of sp³-hybridized carbons (Fsp3) is 0.250. The van der Waals surface area contributed by atoms with Crippen LogP contribution in [0.4, 0.5) is 0 Å². The Labute approximate surface area is 147 Å². The zero-order chi connectivity index (χ0) is 17.6. The first kappa shape index (κ1) is 16.7. The lowest BCUT2D eigenvalue weighted by Gasteiger charge is -2.14. The molecule has 1 aliphatic heterocycles. The van der Waals surface area contributed by atoms with Crippen molar-refractivity contribution in [2.75, 3.05) is 20.5 Å². The minimum atomic E-state index is 0.229. The number of ether oxygens (including phenoxy) is 4. The molecule has 0 aromatic heterocycles. The second kappa shape index (κ2) is 7.63. The molecule has 1 aliphatic rings. The third-order valence-electron chi connectivity index (χ3n) is 3.86. The van der Waals surface area contributed by atoms with Crippen LogP contribution in [0.25, 0.3) is 5.57 Å². The van der Waals surface area contributed by atoms with Gasteiger partial charge in [-0.25, -0.2) is 0 Å². The molecule has 0 saturated carbocycles. The number of allylic oxidation sites excluding steroid dienone is 1. The minimum absolute atomic E-state index is 0.229. The van der Waals surface area contributed by atoms with E-state index in [2.05, 4.69) is 6.07 Å². The highest BCUT2D eigenvalue weighted by Gasteiger charge is 2.16. The van der Waals surface area contributed by atoms with Crippen molar-refractivity contribution in [1.82, 2.24) is 0 Å². The van der Waals surface area contributed by atoms with E-state index in [0.29, 0.717) is 30.3 Å². The lowest BCUT2D eigenvalue weighted by molar-refractivity contribution is 0.174. The van der Waals surface area contributed by atoms with Crippen LogP contribution in [0.15, 0.2) is 42.5 Å². The molecule has 128 valence electrons. The molecule has 0 spiro atoms. The quantitative estimate of drug-likeness (QED) is 0.792. The van der Waals surface area contributed by atoms with Crippen LogP contribution in [0, 0.1) is 11.3 Å². The van der Waals surface area contributed by atoms with Crippen molar-refractivity contribution in [2.45, 2.75) is 13.3 Å². The number of hydrogen-bond donors (Lipinski definition) is 0. The second-order valence-electron chi connectivity index (χ2n) is 5.35. The third kappa shape index (κ3) is 3.53. The Morgan fingerprint density at radius 2 is 1.88 bits per heavy atom. The maximum absolute atomic E-state index is 9.00. The molecule has 0 unspecified atom stereocenters. The van der Waals surface area contributed by atoms with Gasteiger partial charge in [-0.2, -0.15) is 5.26 Å². The summed E-state index contributed by atoms with van der Waals surface area (Å²) in [6.45, 7) is 2.70. The highest BCUT2D eigenvalue weighted by Crippen LogP contribution is 2.38. The first-order valence-corrected chi connectivity index (χ1v) is 8.05. The van der Waals surface area contributed by atoms with Gasteiger partial charge in [0.25, 0.3) is 0 Å². The molecule has 0 saturated heterocycles. The summed E-state index contributed by atoms with van der Waals surface area (Å²) in [7, 11) is 1.61. The largest absolute Gasteiger partial charge is 0.493 e. The molecular formula is C20H19NO4. The number of nitriles is 1. The van der Waals surface area contributed by atoms with Gasteiger partial charge in [0.05, 0.1) is 26.2 Å². The summed E-state index contributed by atoms with van der Waals surface area (Å²) in [6, 6.07) is 13.7. The molecule has 0 amide bonds. The lowest BCUT2D eigenvalue weighted by Crippen LogP contribution is -1.97. The van der Waals surface area contributed by atoms with E-state index in [0.717, 1.165) is 22.4 Å². The Balaban J connectivity index is 2.05. The lowest BCUT2D eigenvalue weighted by atomic mass is 9.96. The van der Waals surface area contributed by atoms with Gasteiger partial charge >= 0.3 is 0 Å². The number of methoxy groups -OCH3 is 1. The summed E-state index contributed by atoms with van der Waals surface area (Å²) < 4.78 is 21.9. The Morgan fingerprint density at radius 1 is 1.12 bits per heavy atom. The maximum Gasteiger partial charge on any atom is 0.231 e. The Hall–Kier alpha value is -3.13. The van der Waals surface area contributed by atoms with E-state index in [1.165, 1.54) is 0 Å². The predicted molar refractivity (Wildman–Crippen MR) is 94.0 cm³/mol. The maximum atomic E-state index is 9.00. The molecule has 3 rings (SSSR count). The third-order valence-corrected chi connectivity index (χ3v) is 3.86. The Kier molecular flexibility index (Phi) is 5.10. The summed E-state index contributed by atoms with van der Waals surface area (Å²) in [5.41, 5.74) is 2.83. The summed E-state index contributed by atoms with van der Waals surface area (Å²) in [5, 5.41) is 9.00. The van der Waals surface area contributed by atoms with Crippen molar-refractivity contribution < 1.29 is 18.9 Å². The fourth-order valence-corrected chi connectivity index (χ4v) is 2.73. The van der Waals surface area contributed by atoms with Crippen LogP contribution in [-0.2, 0) is 0 Å². The Bertz CT molecular complexity index is 836. The van der Waals surface area contributed by atoms with Crippen LogP contribution in [0.1, 0.15) is 24.5 Å². The van der Waals surface area contributed by atoms with Gasteiger partial charge in [0.1, 0.15) is 0 Å². The van der Waals surface area contributed by atoms with Gasteiger partial charge in [-0.3, -0.25) is 0 Å². The van der Waals surface area contributed by atoms with E-state index >= 15 is 0 Å². The van der Waals surface area contributed by atoms with Gasteiger partial charge in [-0.05, 0) is 47.9 Å². The summed E-state index contributed by atoms with van der Waals surface area (Å²) in [5.74, 6) is 2.79. The molecule has 1 heterocycles. The number of fused-ring (bicyclic) bond motifs is 1. The van der Waals surface area contributed by atoms with E-state index in [1.807, 2.05) is 49.4 Å². The van der Waals surface area contributed by atoms with E-state index in [-0.39, 0.29) is 6.79 Å². The molecule has 2 aromatic rings. The standard InChI is InChI=1S/C20H19NO4/c1-3-23-19-11-14(6-8-17(19)22-2)16(5-4-10-21)15-7-9-18-20(12-15)25-13-24-18/h5-9,11-12H,3-4,13H2,1-2H3/b16-5-. The first-order valence-electron chi connectivity index (χ1n) is 8.05. The van der Waals surface area contributed by atoms with Crippen molar-refractivity contribution in [3.8, 4) is 29.1 Å². The topological polar surface area (TPSA) is 60.7 Å². The van der Waals surface area contributed by atoms with Gasteiger partial charge < -0.3 is 18.9 Å². The number of benzene rings is 2. The monoisotopic (exact) mass is 337 g/mol. The molecule has 0 aliphatic carbocycles. The van der Waals surface area contributed by atoms with Crippen LogP contribution < -0.4 is 18.9 Å². The molecule has 0 N–H and O–H groups in total. The molecule has 5 nitrogen and oxygen atoms in total. The average molecular weight is 337 g/mol. The summed E-state index contributed by atoms with van der Waals surface area (Å²) in [6.07, 6.45) is 2.20. The highest BCUT2D eigenvalue weighted by atomic mass is 16.7. The van der Waals surface area contributed by atoms with Gasteiger partial charge in [-0.1, -0.05) is 18.2 Å². The molecule has 0 fully saturated rings. The Morgan fingerprint density at radius 3 is 2.64 bits per heavy atom. The minimum Gasteiger partial charge on any atom is -0.493 e. The summed E-state index contributed by atoms with van der Waals surface area (Å²) in [4.78, 5) is 0. The molecule has 25 heavy (non-hydrogen) atoms. The zero-order valence-electron chi connectivity index (χ0n) is 14.2. The van der Waals surface area contributed by atoms with Gasteiger partial charge in [0.2, 0.25) is 6.79 Å². The zero-order valence-corrected chi connectivity index (χ0v) is 14.2. The van der Waals surface area contributed by atoms with Crippen molar-refractivity contribution >= 4 is 5.57 Å². The van der Waals surface area contributed by atoms with Crippen LogP contribution >= 0.6 is 0 Å². The molecular weight excluding hydrogens is 318 g/mol. The average Bonchev–Trinajstić information content (AvgIpc) is 3.10. The molecule has 0 radical (unpaired) electrons. The van der Waals surface area contributed by atoms with E-state index < -0.39 is 0 Å². The summed E-state index contributed by atoms with van der Waals surface area (Å²) >= 11 is 0. The van der Waals surface area contributed by atoms with Crippen LogP contribution in [0.3, 0.4) is 0 Å². The van der Waals surface area contributed by atoms with Crippen molar-refractivity contribution in [1.29, 1.82) is 5.26 Å². The van der Waals surface area contributed by atoms with E-state index in [1.54, 1.807) is 7.11 Å². The van der Waals surface area contributed by atoms with E-state index in [9.17, 15) is 0 Å². The smallest absolute Gasteiger partial charge is 0.231 e. The first-order chi connectivity index (χ1) is 12.3. The molecule has 5 heteroatoms. The van der Waals surface area contributed by atoms with E-state index in [4.69, 9.17) is 24.2 Å². The highest BCUT2D eigenvalue weighted by molar-refractivity contribution is 5.82. The van der Waals surface area contributed by atoms with Gasteiger partial charge in [-0.15, -0.1) is 0 Å². The number of hydrogen-bond acceptors (Lipinski definition) is 5. The van der Waals surface area contributed by atoms with Crippen molar-refractivity contribution in [3.63, 3.8) is 0 Å². The molecule has 2 aromatic carbocycles. The van der Waals surface area contributed by atoms with Crippen molar-refractivity contribution in [3.05, 3.63) is 53.6 Å². The van der Waals surface area contributed by atoms with Gasteiger partial charge in [0, 0.05) is 0 Å². The number of rotatable bonds is 6. The SMILES string of the molecule is CCOc1cc(/C(=C/CC#N)c2ccc3c(c2)OCO3)ccc1OC. The molecule has 0 atom stereocenters. The fourth-order valence-electron chi connectivity index (χ4n) is 2.73. The normalized spacial score (nSPS) is 12.6. The van der Waals surface area contributed by atoms with Gasteiger partial charge in [0.15, 0.2) is 23.0 Å². The predicted octanol–water partition coefficient (Wildman–Crippen LogP) is 4.17. The second-order valence-corrected chi connectivity index (χ2v) is 5.35. The number of nitrogens with zero attached hydrogens (tertiary/aromatic N) is 1. The van der Waals surface area contributed by atoms with Crippen LogP contribution in [0.5, 0.6) is 23.0 Å². The van der Waals surface area contributed by atoms with Crippen molar-refractivity contribution in [2.24, 2.45) is 0 Å².